The van der Waals surface area contributed by atoms with Crippen LogP contribution in [0.4, 0.5) is 0 Å². The van der Waals surface area contributed by atoms with Gasteiger partial charge in [0.25, 0.3) is 0 Å². The molecule has 82 valence electrons. The Labute approximate surface area is 81.8 Å². The van der Waals surface area contributed by atoms with E-state index < -0.39 is 25.3 Å². The van der Waals surface area contributed by atoms with Crippen LogP contribution >= 0.6 is 0 Å². The van der Waals surface area contributed by atoms with Crippen LogP contribution < -0.4 is 0 Å². The summed E-state index contributed by atoms with van der Waals surface area (Å²) < 4.78 is 0. The molecule has 0 saturated carbocycles. The van der Waals surface area contributed by atoms with E-state index in [1.165, 1.54) is 0 Å². The third kappa shape index (κ3) is 4.78. The second kappa shape index (κ2) is 6.33. The van der Waals surface area contributed by atoms with Crippen LogP contribution in [0.15, 0.2) is 0 Å². The highest BCUT2D eigenvalue weighted by Crippen LogP contribution is 2.09. The first kappa shape index (κ1) is 12.9. The van der Waals surface area contributed by atoms with Gasteiger partial charge in [0.05, 0.1) is 0 Å². The van der Waals surface area contributed by atoms with Crippen molar-refractivity contribution in [2.75, 3.05) is 13.5 Å². The molecular weight excluding hydrogens is 190 g/mol. The van der Waals surface area contributed by atoms with Crippen LogP contribution in [0.2, 0.25) is 0 Å². The summed E-state index contributed by atoms with van der Waals surface area (Å²) >= 11 is 0. The lowest BCUT2D eigenvalue weighted by atomic mass is 10.0. The number of carboxylic acids is 1. The fraction of sp³-hybridized carbons (Fsp3) is 0.750. The molecule has 6 nitrogen and oxygen atoms in total. The number of carbonyl (C=O) groups is 2. The summed E-state index contributed by atoms with van der Waals surface area (Å²) in [6.45, 7) is 0.503. The number of hydrogen-bond donors (Lipinski definition) is 3. The Morgan fingerprint density at radius 3 is 2.07 bits per heavy atom. The van der Waals surface area contributed by atoms with Crippen LogP contribution in [0.5, 0.6) is 0 Å². The van der Waals surface area contributed by atoms with Gasteiger partial charge in [-0.15, -0.1) is 0 Å². The maximum Gasteiger partial charge on any atom is 0.303 e. The van der Waals surface area contributed by atoms with Gasteiger partial charge < -0.3 is 15.3 Å². The van der Waals surface area contributed by atoms with Gasteiger partial charge in [0, 0.05) is 12.8 Å². The maximum atomic E-state index is 11.2. The highest BCUT2D eigenvalue weighted by Gasteiger charge is 2.16. The molecule has 0 aromatic carbocycles. The van der Waals surface area contributed by atoms with Gasteiger partial charge in [-0.25, -0.2) is 0 Å². The average molecular weight is 205 g/mol. The minimum atomic E-state index is -0.968. The van der Waals surface area contributed by atoms with Gasteiger partial charge in [-0.05, 0) is 5.92 Å². The first-order valence-electron chi connectivity index (χ1n) is 4.22. The molecule has 0 aliphatic rings. The summed E-state index contributed by atoms with van der Waals surface area (Å²) in [4.78, 5) is 22.3. The van der Waals surface area contributed by atoms with E-state index in [1.807, 2.05) is 0 Å². The zero-order chi connectivity index (χ0) is 11.1. The molecule has 0 bridgehead atoms. The van der Waals surface area contributed by atoms with Crippen LogP contribution in [-0.2, 0) is 9.59 Å². The molecule has 0 fully saturated rings. The van der Waals surface area contributed by atoms with Crippen LogP contribution in [-0.4, -0.2) is 45.6 Å². The number of carboxylic acid groups (broad SMARTS) is 1. The summed E-state index contributed by atoms with van der Waals surface area (Å²) in [6.07, 6.45) is -0.0934. The minimum Gasteiger partial charge on any atom is -0.481 e. The topological polar surface area (TPSA) is 98.1 Å². The van der Waals surface area contributed by atoms with Crippen molar-refractivity contribution < 1.29 is 24.9 Å². The van der Waals surface area contributed by atoms with E-state index in [-0.39, 0.29) is 18.8 Å². The Balaban J connectivity index is 3.97. The highest BCUT2D eigenvalue weighted by molar-refractivity contribution is 5.77. The second-order valence-corrected chi connectivity index (χ2v) is 3.12. The number of aliphatic hydroxyl groups excluding tert-OH is 2. The Morgan fingerprint density at radius 2 is 1.71 bits per heavy atom. The van der Waals surface area contributed by atoms with Crippen molar-refractivity contribution >= 4 is 11.9 Å². The van der Waals surface area contributed by atoms with Crippen LogP contribution in [0, 0.1) is 5.92 Å². The van der Waals surface area contributed by atoms with Crippen molar-refractivity contribution in [1.82, 2.24) is 4.90 Å². The van der Waals surface area contributed by atoms with E-state index in [0.717, 1.165) is 4.90 Å². The number of carbonyl (C=O) groups excluding carboxylic acids is 1. The second-order valence-electron chi connectivity index (χ2n) is 3.12. The van der Waals surface area contributed by atoms with Crippen molar-refractivity contribution in [1.29, 1.82) is 0 Å². The summed E-state index contributed by atoms with van der Waals surface area (Å²) in [7, 11) is 0. The third-order valence-corrected chi connectivity index (χ3v) is 1.74. The molecule has 1 unspecified atom stereocenters. The molecule has 1 amide bonds. The van der Waals surface area contributed by atoms with Crippen molar-refractivity contribution in [3.63, 3.8) is 0 Å². The predicted molar refractivity (Wildman–Crippen MR) is 47.1 cm³/mol. The van der Waals surface area contributed by atoms with Gasteiger partial charge in [0.2, 0.25) is 5.91 Å². The minimum absolute atomic E-state index is 0.00736. The molecule has 3 N–H and O–H groups in total. The first-order valence-corrected chi connectivity index (χ1v) is 4.22. The molecule has 0 aliphatic carbocycles. The van der Waals surface area contributed by atoms with E-state index in [4.69, 9.17) is 15.3 Å². The Morgan fingerprint density at radius 1 is 1.21 bits per heavy atom. The molecule has 0 radical (unpaired) electrons. The number of aliphatic carboxylic acids is 1. The lowest BCUT2D eigenvalue weighted by Crippen LogP contribution is -2.33. The van der Waals surface area contributed by atoms with Crippen molar-refractivity contribution in [3.05, 3.63) is 0 Å². The standard InChI is InChI=1S/C8H15NO5/c1-6(3-8(13)14)2-7(12)9(4-10)5-11/h6,10-11H,2-5H2,1H3,(H,13,14). The largest absolute Gasteiger partial charge is 0.481 e. The van der Waals surface area contributed by atoms with Crippen LogP contribution in [0.3, 0.4) is 0 Å². The molecule has 0 heterocycles. The zero-order valence-electron chi connectivity index (χ0n) is 8.01. The summed E-state index contributed by atoms with van der Waals surface area (Å²) in [5.74, 6) is -1.73. The molecule has 0 saturated heterocycles. The summed E-state index contributed by atoms with van der Waals surface area (Å²) in [6, 6.07) is 0. The first-order chi connectivity index (χ1) is 6.51. The lowest BCUT2D eigenvalue weighted by molar-refractivity contribution is -0.141. The third-order valence-electron chi connectivity index (χ3n) is 1.74. The monoisotopic (exact) mass is 205 g/mol. The number of rotatable bonds is 6. The molecular formula is C8H15NO5. The van der Waals surface area contributed by atoms with Gasteiger partial charge in [-0.3, -0.25) is 14.5 Å². The average Bonchev–Trinajstić information content (AvgIpc) is 2.04. The number of nitrogens with zero attached hydrogens (tertiary/aromatic N) is 1. The maximum absolute atomic E-state index is 11.2. The normalized spacial score (nSPS) is 12.2. The van der Waals surface area contributed by atoms with E-state index >= 15 is 0 Å². The van der Waals surface area contributed by atoms with Gasteiger partial charge in [-0.1, -0.05) is 6.92 Å². The smallest absolute Gasteiger partial charge is 0.303 e. The highest BCUT2D eigenvalue weighted by atomic mass is 16.4. The van der Waals surface area contributed by atoms with Crippen molar-refractivity contribution in [2.45, 2.75) is 19.8 Å². The fourth-order valence-electron chi connectivity index (χ4n) is 1.000. The SMILES string of the molecule is CC(CC(=O)O)CC(=O)N(CO)CO. The molecule has 6 heteroatoms. The molecule has 14 heavy (non-hydrogen) atoms. The molecule has 0 spiro atoms. The van der Waals surface area contributed by atoms with E-state index in [2.05, 4.69) is 0 Å². The number of amides is 1. The summed E-state index contributed by atoms with van der Waals surface area (Å²) in [5.41, 5.74) is 0. The van der Waals surface area contributed by atoms with Gasteiger partial charge >= 0.3 is 5.97 Å². The zero-order valence-corrected chi connectivity index (χ0v) is 8.01. The Hall–Kier alpha value is -1.14. The molecule has 1 atom stereocenters. The Kier molecular flexibility index (Phi) is 5.82. The van der Waals surface area contributed by atoms with Gasteiger partial charge in [-0.2, -0.15) is 0 Å². The molecule has 0 rings (SSSR count). The molecule has 0 aromatic heterocycles. The van der Waals surface area contributed by atoms with Gasteiger partial charge in [0.1, 0.15) is 13.5 Å². The molecule has 0 aromatic rings. The Bertz CT molecular complexity index is 202. The van der Waals surface area contributed by atoms with Crippen molar-refractivity contribution in [2.24, 2.45) is 5.92 Å². The van der Waals surface area contributed by atoms with Crippen LogP contribution in [0.1, 0.15) is 19.8 Å². The van der Waals surface area contributed by atoms with E-state index in [1.54, 1.807) is 6.92 Å². The molecule has 0 aliphatic heterocycles. The quantitative estimate of drug-likeness (QED) is 0.494. The summed E-state index contributed by atoms with van der Waals surface area (Å²) in [5, 5.41) is 25.7. The predicted octanol–water partition coefficient (Wildman–Crippen LogP) is -0.784. The van der Waals surface area contributed by atoms with E-state index in [0.29, 0.717) is 0 Å². The van der Waals surface area contributed by atoms with Crippen LogP contribution in [0.25, 0.3) is 0 Å². The fourth-order valence-corrected chi connectivity index (χ4v) is 1.000. The number of hydrogen-bond acceptors (Lipinski definition) is 4. The number of aliphatic hydroxyl groups is 2. The van der Waals surface area contributed by atoms with Crippen molar-refractivity contribution in [3.8, 4) is 0 Å². The van der Waals surface area contributed by atoms with E-state index in [9.17, 15) is 9.59 Å². The van der Waals surface area contributed by atoms with Gasteiger partial charge in [0.15, 0.2) is 0 Å². The lowest BCUT2D eigenvalue weighted by Gasteiger charge is -2.18.